The smallest absolute Gasteiger partial charge is 0.174 e. The first-order valence-corrected chi connectivity index (χ1v) is 13.9. The molecule has 0 spiro atoms. The number of ether oxygens (including phenoxy) is 1. The summed E-state index contributed by atoms with van der Waals surface area (Å²) >= 11 is 5.98. The van der Waals surface area contributed by atoms with Crippen molar-refractivity contribution in [3.8, 4) is 17.2 Å². The first kappa shape index (κ1) is 25.8. The number of hydrogen-bond donors (Lipinski definition) is 1. The Morgan fingerprint density at radius 3 is 2.12 bits per heavy atom. The van der Waals surface area contributed by atoms with E-state index in [4.69, 9.17) is 21.9 Å². The van der Waals surface area contributed by atoms with Gasteiger partial charge in [0, 0.05) is 23.3 Å². The summed E-state index contributed by atoms with van der Waals surface area (Å²) < 4.78 is 8.43. The van der Waals surface area contributed by atoms with E-state index in [2.05, 4.69) is 84.9 Å². The molecule has 1 fully saturated rings. The quantitative estimate of drug-likeness (QED) is 0.219. The molecule has 1 saturated heterocycles. The van der Waals surface area contributed by atoms with E-state index in [1.54, 1.807) is 0 Å². The SMILES string of the molecule is Cc1cccc(C)c1-n1c(C)cc([C@@H]2[C@@H](c3ccccn3)NC(=S)N2c2ccc(Oc3ccccc3)cc2)c1C. The van der Waals surface area contributed by atoms with E-state index < -0.39 is 0 Å². The molecule has 2 aromatic heterocycles. The van der Waals surface area contributed by atoms with Crippen LogP contribution in [0.2, 0.25) is 0 Å². The summed E-state index contributed by atoms with van der Waals surface area (Å²) in [5.41, 5.74) is 9.29. The van der Waals surface area contributed by atoms with Gasteiger partial charge in [0.2, 0.25) is 0 Å². The fraction of sp³-hybridized carbons (Fsp3) is 0.176. The number of thiocarbonyl (C=S) groups is 1. The molecule has 3 aromatic carbocycles. The maximum Gasteiger partial charge on any atom is 0.174 e. The third-order valence-corrected chi connectivity index (χ3v) is 7.96. The Labute approximate surface area is 241 Å². The summed E-state index contributed by atoms with van der Waals surface area (Å²) in [4.78, 5) is 6.95. The highest BCUT2D eigenvalue weighted by molar-refractivity contribution is 7.80. The number of pyridine rings is 1. The predicted molar refractivity (Wildman–Crippen MR) is 166 cm³/mol. The zero-order chi connectivity index (χ0) is 27.8. The highest BCUT2D eigenvalue weighted by Crippen LogP contribution is 2.44. The zero-order valence-electron chi connectivity index (χ0n) is 23.1. The van der Waals surface area contributed by atoms with E-state index in [1.807, 2.05) is 60.8 Å². The van der Waals surface area contributed by atoms with Crippen LogP contribution in [0.15, 0.2) is 103 Å². The van der Waals surface area contributed by atoms with Crippen LogP contribution in [0.5, 0.6) is 11.5 Å². The molecule has 6 heteroatoms. The molecule has 6 rings (SSSR count). The number of rotatable bonds is 6. The minimum Gasteiger partial charge on any atom is -0.457 e. The lowest BCUT2D eigenvalue weighted by molar-refractivity contribution is 0.482. The van der Waals surface area contributed by atoms with E-state index in [1.165, 1.54) is 33.8 Å². The van der Waals surface area contributed by atoms with Crippen LogP contribution in [0.3, 0.4) is 0 Å². The van der Waals surface area contributed by atoms with Gasteiger partial charge in [0.15, 0.2) is 5.11 Å². The largest absolute Gasteiger partial charge is 0.457 e. The lowest BCUT2D eigenvalue weighted by Gasteiger charge is -2.28. The number of aromatic nitrogens is 2. The van der Waals surface area contributed by atoms with Crippen molar-refractivity contribution in [3.05, 3.63) is 137 Å². The van der Waals surface area contributed by atoms with Gasteiger partial charge in [-0.1, -0.05) is 42.5 Å². The topological polar surface area (TPSA) is 42.3 Å². The molecule has 0 saturated carbocycles. The van der Waals surface area contributed by atoms with E-state index in [0.29, 0.717) is 5.11 Å². The molecule has 0 amide bonds. The molecule has 3 heterocycles. The van der Waals surface area contributed by atoms with Crippen LogP contribution in [0.25, 0.3) is 5.69 Å². The van der Waals surface area contributed by atoms with Gasteiger partial charge in [-0.15, -0.1) is 0 Å². The number of anilines is 1. The summed E-state index contributed by atoms with van der Waals surface area (Å²) in [5, 5.41) is 4.27. The van der Waals surface area contributed by atoms with Crippen molar-refractivity contribution in [2.45, 2.75) is 39.8 Å². The lowest BCUT2D eigenvalue weighted by atomic mass is 9.96. The Hall–Kier alpha value is -4.42. The fourth-order valence-corrected chi connectivity index (χ4v) is 6.18. The first-order valence-electron chi connectivity index (χ1n) is 13.5. The van der Waals surface area contributed by atoms with Gasteiger partial charge in [-0.2, -0.15) is 0 Å². The maximum absolute atomic E-state index is 6.05. The number of para-hydroxylation sites is 2. The molecule has 5 aromatic rings. The fourth-order valence-electron chi connectivity index (χ4n) is 5.84. The number of hydrogen-bond acceptors (Lipinski definition) is 3. The number of nitrogens with one attached hydrogen (secondary N) is 1. The summed E-state index contributed by atoms with van der Waals surface area (Å²) in [6.07, 6.45) is 1.84. The lowest BCUT2D eigenvalue weighted by Crippen LogP contribution is -2.29. The second-order valence-corrected chi connectivity index (χ2v) is 10.7. The molecular weight excluding hydrogens is 512 g/mol. The van der Waals surface area contributed by atoms with Crippen molar-refractivity contribution in [2.75, 3.05) is 4.90 Å². The van der Waals surface area contributed by atoms with Crippen molar-refractivity contribution in [1.29, 1.82) is 0 Å². The van der Waals surface area contributed by atoms with Crippen LogP contribution < -0.4 is 15.0 Å². The van der Waals surface area contributed by atoms with Gasteiger partial charge in [0.1, 0.15) is 11.5 Å². The Morgan fingerprint density at radius 1 is 0.775 bits per heavy atom. The van der Waals surface area contributed by atoms with Crippen LogP contribution in [0.1, 0.15) is 45.9 Å². The van der Waals surface area contributed by atoms with Crippen molar-refractivity contribution < 1.29 is 4.74 Å². The molecule has 5 nitrogen and oxygen atoms in total. The van der Waals surface area contributed by atoms with E-state index >= 15 is 0 Å². The average Bonchev–Trinajstić information content (AvgIpc) is 3.45. The minimum absolute atomic E-state index is 0.0902. The predicted octanol–water partition coefficient (Wildman–Crippen LogP) is 8.08. The van der Waals surface area contributed by atoms with Gasteiger partial charge >= 0.3 is 0 Å². The van der Waals surface area contributed by atoms with Crippen LogP contribution in [0.4, 0.5) is 5.69 Å². The molecular formula is C34H32N4OS. The van der Waals surface area contributed by atoms with Crippen molar-refractivity contribution in [2.24, 2.45) is 0 Å². The molecule has 1 aliphatic rings. The summed E-state index contributed by atoms with van der Waals surface area (Å²) in [7, 11) is 0. The second-order valence-electron chi connectivity index (χ2n) is 10.3. The number of benzene rings is 3. The molecule has 0 aliphatic carbocycles. The monoisotopic (exact) mass is 544 g/mol. The normalized spacial score (nSPS) is 16.7. The van der Waals surface area contributed by atoms with E-state index in [9.17, 15) is 0 Å². The van der Waals surface area contributed by atoms with Crippen LogP contribution in [0, 0.1) is 27.7 Å². The van der Waals surface area contributed by atoms with Gasteiger partial charge in [0.25, 0.3) is 0 Å². The van der Waals surface area contributed by atoms with Crippen LogP contribution in [-0.4, -0.2) is 14.7 Å². The summed E-state index contributed by atoms with van der Waals surface area (Å²) in [6, 6.07) is 32.6. The van der Waals surface area contributed by atoms with Crippen molar-refractivity contribution in [3.63, 3.8) is 0 Å². The molecule has 1 aliphatic heterocycles. The van der Waals surface area contributed by atoms with Crippen molar-refractivity contribution >= 4 is 23.0 Å². The standard InChI is InChI=1S/C34H32N4OS/c1-22-11-10-12-23(2)32(22)37-24(3)21-29(25(37)4)33-31(30-15-8-9-20-35-30)36-34(40)38(33)26-16-18-28(19-17-26)39-27-13-6-5-7-14-27/h5-21,31,33H,1-4H3,(H,36,40)/t31-,33-/m1/s1. The van der Waals surface area contributed by atoms with Gasteiger partial charge in [-0.25, -0.2) is 0 Å². The maximum atomic E-state index is 6.05. The Morgan fingerprint density at radius 2 is 1.45 bits per heavy atom. The molecule has 1 N–H and O–H groups in total. The third-order valence-electron chi connectivity index (χ3n) is 7.64. The summed E-state index contributed by atoms with van der Waals surface area (Å²) in [6.45, 7) is 8.74. The van der Waals surface area contributed by atoms with Crippen LogP contribution >= 0.6 is 12.2 Å². The summed E-state index contributed by atoms with van der Waals surface area (Å²) in [5.74, 6) is 1.58. The Bertz CT molecular complexity index is 1640. The van der Waals surface area contributed by atoms with Gasteiger partial charge in [-0.3, -0.25) is 4.98 Å². The van der Waals surface area contributed by atoms with Gasteiger partial charge < -0.3 is 19.5 Å². The molecule has 2 atom stereocenters. The molecule has 200 valence electrons. The number of aryl methyl sites for hydroxylation is 3. The molecule has 40 heavy (non-hydrogen) atoms. The molecule has 0 bridgehead atoms. The highest BCUT2D eigenvalue weighted by atomic mass is 32.1. The van der Waals surface area contributed by atoms with Crippen LogP contribution in [-0.2, 0) is 0 Å². The second kappa shape index (κ2) is 10.6. The Balaban J connectivity index is 1.44. The zero-order valence-corrected chi connectivity index (χ0v) is 23.9. The average molecular weight is 545 g/mol. The third kappa shape index (κ3) is 4.65. The highest BCUT2D eigenvalue weighted by Gasteiger charge is 2.42. The van der Waals surface area contributed by atoms with Gasteiger partial charge in [0.05, 0.1) is 23.5 Å². The van der Waals surface area contributed by atoms with Gasteiger partial charge in [-0.05, 0) is 111 Å². The molecule has 0 unspecified atom stereocenters. The van der Waals surface area contributed by atoms with E-state index in [0.717, 1.165) is 22.9 Å². The first-order chi connectivity index (χ1) is 19.4. The van der Waals surface area contributed by atoms with E-state index in [-0.39, 0.29) is 12.1 Å². The Kier molecular flexibility index (Phi) is 6.86. The van der Waals surface area contributed by atoms with Crippen molar-refractivity contribution in [1.82, 2.24) is 14.9 Å². The number of nitrogens with zero attached hydrogens (tertiary/aromatic N) is 3. The minimum atomic E-state index is -0.110. The molecule has 0 radical (unpaired) electrons.